The summed E-state index contributed by atoms with van der Waals surface area (Å²) >= 11 is 1.69. The highest BCUT2D eigenvalue weighted by atomic mass is 32.2. The van der Waals surface area contributed by atoms with Crippen LogP contribution >= 0.6 is 11.8 Å². The predicted molar refractivity (Wildman–Crippen MR) is 53.6 cm³/mol. The lowest BCUT2D eigenvalue weighted by Gasteiger charge is -1.99. The number of benzene rings is 1. The normalized spacial score (nSPS) is 9.54. The Morgan fingerprint density at radius 2 is 2.00 bits per heavy atom. The van der Waals surface area contributed by atoms with E-state index < -0.39 is 0 Å². The summed E-state index contributed by atoms with van der Waals surface area (Å²) < 4.78 is 0. The van der Waals surface area contributed by atoms with E-state index in [-0.39, 0.29) is 6.61 Å². The Kier molecular flexibility index (Phi) is 4.37. The van der Waals surface area contributed by atoms with Gasteiger partial charge >= 0.3 is 0 Å². The third-order valence-electron chi connectivity index (χ3n) is 1.55. The molecule has 0 aliphatic carbocycles. The van der Waals surface area contributed by atoms with Gasteiger partial charge in [0.25, 0.3) is 0 Å². The molecule has 1 rings (SSSR count). The van der Waals surface area contributed by atoms with E-state index in [2.05, 4.69) is 6.07 Å². The summed E-state index contributed by atoms with van der Waals surface area (Å²) in [5.41, 5.74) is 0.687. The van der Waals surface area contributed by atoms with Gasteiger partial charge in [0.1, 0.15) is 0 Å². The van der Waals surface area contributed by atoms with E-state index in [1.165, 1.54) is 0 Å². The molecule has 0 radical (unpaired) electrons. The summed E-state index contributed by atoms with van der Waals surface area (Å²) in [5.74, 6) is 0.919. The number of nitriles is 1. The summed E-state index contributed by atoms with van der Waals surface area (Å²) in [6, 6.07) is 9.55. The third kappa shape index (κ3) is 3.49. The van der Waals surface area contributed by atoms with Gasteiger partial charge in [0.05, 0.1) is 11.6 Å². The van der Waals surface area contributed by atoms with E-state index in [0.717, 1.165) is 17.1 Å². The summed E-state index contributed by atoms with van der Waals surface area (Å²) in [6.45, 7) is 0.239. The molecule has 0 fully saturated rings. The van der Waals surface area contributed by atoms with Gasteiger partial charge in [0, 0.05) is 17.3 Å². The molecule has 2 nitrogen and oxygen atoms in total. The molecule has 0 aliphatic rings. The smallest absolute Gasteiger partial charge is 0.0991 e. The summed E-state index contributed by atoms with van der Waals surface area (Å²) in [4.78, 5) is 1.15. The first kappa shape index (κ1) is 10.1. The average Bonchev–Trinajstić information content (AvgIpc) is 2.19. The molecule has 68 valence electrons. The van der Waals surface area contributed by atoms with Gasteiger partial charge in [-0.1, -0.05) is 0 Å². The molecule has 3 heteroatoms. The molecule has 1 N–H and O–H groups in total. The minimum Gasteiger partial charge on any atom is -0.396 e. The van der Waals surface area contributed by atoms with Crippen LogP contribution in [-0.4, -0.2) is 17.5 Å². The van der Waals surface area contributed by atoms with Crippen molar-refractivity contribution >= 4 is 11.8 Å². The van der Waals surface area contributed by atoms with E-state index in [4.69, 9.17) is 10.4 Å². The molecule has 0 unspecified atom stereocenters. The fourth-order valence-corrected chi connectivity index (χ4v) is 1.72. The first-order valence-electron chi connectivity index (χ1n) is 4.10. The molecule has 0 aromatic heterocycles. The maximum Gasteiger partial charge on any atom is 0.0991 e. The predicted octanol–water partition coefficient (Wildman–Crippen LogP) is 2.03. The topological polar surface area (TPSA) is 44.0 Å². The van der Waals surface area contributed by atoms with Gasteiger partial charge in [0.2, 0.25) is 0 Å². The fourth-order valence-electron chi connectivity index (χ4n) is 0.880. The van der Waals surface area contributed by atoms with Crippen LogP contribution in [0.15, 0.2) is 29.2 Å². The lowest BCUT2D eigenvalue weighted by molar-refractivity contribution is 0.296. The first-order chi connectivity index (χ1) is 6.36. The summed E-state index contributed by atoms with van der Waals surface area (Å²) in [5, 5.41) is 17.1. The highest BCUT2D eigenvalue weighted by Crippen LogP contribution is 2.18. The van der Waals surface area contributed by atoms with Crippen LogP contribution in [0, 0.1) is 11.3 Å². The molecule has 0 saturated carbocycles. The van der Waals surface area contributed by atoms with Gasteiger partial charge in [-0.15, -0.1) is 11.8 Å². The molecule has 0 aliphatic heterocycles. The fraction of sp³-hybridized carbons (Fsp3) is 0.300. The van der Waals surface area contributed by atoms with Gasteiger partial charge in [0.15, 0.2) is 0 Å². The second-order valence-electron chi connectivity index (χ2n) is 2.56. The van der Waals surface area contributed by atoms with Crippen molar-refractivity contribution in [2.75, 3.05) is 12.4 Å². The van der Waals surface area contributed by atoms with Crippen molar-refractivity contribution in [1.82, 2.24) is 0 Å². The highest BCUT2D eigenvalue weighted by molar-refractivity contribution is 7.99. The summed E-state index contributed by atoms with van der Waals surface area (Å²) in [7, 11) is 0. The Bertz CT molecular complexity index is 289. The van der Waals surface area contributed by atoms with Crippen LogP contribution in [-0.2, 0) is 0 Å². The van der Waals surface area contributed by atoms with Crippen molar-refractivity contribution in [2.24, 2.45) is 0 Å². The number of aliphatic hydroxyl groups is 1. The maximum absolute atomic E-state index is 8.57. The number of hydrogen-bond donors (Lipinski definition) is 1. The molecule has 0 heterocycles. The Balaban J connectivity index is 2.46. The number of thioether (sulfide) groups is 1. The van der Waals surface area contributed by atoms with Crippen molar-refractivity contribution in [3.8, 4) is 6.07 Å². The quantitative estimate of drug-likeness (QED) is 0.587. The second-order valence-corrected chi connectivity index (χ2v) is 3.73. The molecule has 0 bridgehead atoms. The van der Waals surface area contributed by atoms with E-state index in [9.17, 15) is 0 Å². The van der Waals surface area contributed by atoms with Gasteiger partial charge in [-0.3, -0.25) is 0 Å². The summed E-state index contributed by atoms with van der Waals surface area (Å²) in [6.07, 6.45) is 0.810. The van der Waals surface area contributed by atoms with Crippen LogP contribution < -0.4 is 0 Å². The number of hydrogen-bond acceptors (Lipinski definition) is 3. The largest absolute Gasteiger partial charge is 0.396 e. The van der Waals surface area contributed by atoms with Gasteiger partial charge in [-0.05, 0) is 30.7 Å². The average molecular weight is 193 g/mol. The molecule has 0 atom stereocenters. The van der Waals surface area contributed by atoms with Crippen LogP contribution in [0.2, 0.25) is 0 Å². The second kappa shape index (κ2) is 5.63. The minimum absolute atomic E-state index is 0.239. The van der Waals surface area contributed by atoms with Crippen LogP contribution in [0.4, 0.5) is 0 Å². The zero-order valence-electron chi connectivity index (χ0n) is 7.23. The SMILES string of the molecule is N#Cc1ccc(SCCCO)cc1. The van der Waals surface area contributed by atoms with Gasteiger partial charge in [-0.25, -0.2) is 0 Å². The van der Waals surface area contributed by atoms with Crippen molar-refractivity contribution in [3.05, 3.63) is 29.8 Å². The van der Waals surface area contributed by atoms with Crippen molar-refractivity contribution in [1.29, 1.82) is 5.26 Å². The standard InChI is InChI=1S/C10H11NOS/c11-8-9-2-4-10(5-3-9)13-7-1-6-12/h2-5,12H,1,6-7H2. The Morgan fingerprint density at radius 3 is 2.54 bits per heavy atom. The lowest BCUT2D eigenvalue weighted by atomic mass is 10.2. The molecule has 1 aromatic rings. The Labute approximate surface area is 82.2 Å². The molecule has 13 heavy (non-hydrogen) atoms. The Morgan fingerprint density at radius 1 is 1.31 bits per heavy atom. The number of nitrogens with zero attached hydrogens (tertiary/aromatic N) is 1. The van der Waals surface area contributed by atoms with E-state index in [0.29, 0.717) is 5.56 Å². The minimum atomic E-state index is 0.239. The van der Waals surface area contributed by atoms with E-state index in [1.54, 1.807) is 23.9 Å². The van der Waals surface area contributed by atoms with Crippen molar-refractivity contribution < 1.29 is 5.11 Å². The zero-order valence-corrected chi connectivity index (χ0v) is 8.05. The van der Waals surface area contributed by atoms with E-state index >= 15 is 0 Å². The number of rotatable bonds is 4. The Hall–Kier alpha value is -0.980. The maximum atomic E-state index is 8.57. The van der Waals surface area contributed by atoms with Gasteiger partial charge in [-0.2, -0.15) is 5.26 Å². The van der Waals surface area contributed by atoms with Crippen LogP contribution in [0.5, 0.6) is 0 Å². The molecule has 0 saturated heterocycles. The molecular formula is C10H11NOS. The van der Waals surface area contributed by atoms with Crippen molar-refractivity contribution in [3.63, 3.8) is 0 Å². The monoisotopic (exact) mass is 193 g/mol. The first-order valence-corrected chi connectivity index (χ1v) is 5.09. The molecule has 1 aromatic carbocycles. The number of aliphatic hydroxyl groups excluding tert-OH is 1. The lowest BCUT2D eigenvalue weighted by Crippen LogP contribution is -1.85. The van der Waals surface area contributed by atoms with Crippen molar-refractivity contribution in [2.45, 2.75) is 11.3 Å². The van der Waals surface area contributed by atoms with Crippen LogP contribution in [0.3, 0.4) is 0 Å². The van der Waals surface area contributed by atoms with Crippen LogP contribution in [0.1, 0.15) is 12.0 Å². The van der Waals surface area contributed by atoms with Crippen LogP contribution in [0.25, 0.3) is 0 Å². The van der Waals surface area contributed by atoms with Gasteiger partial charge < -0.3 is 5.11 Å². The molecule has 0 amide bonds. The highest BCUT2D eigenvalue weighted by Gasteiger charge is 1.93. The zero-order chi connectivity index (χ0) is 9.52. The van der Waals surface area contributed by atoms with E-state index in [1.807, 2.05) is 12.1 Å². The third-order valence-corrected chi connectivity index (χ3v) is 2.65. The molecular weight excluding hydrogens is 182 g/mol. The molecule has 0 spiro atoms.